The number of carboxylic acid groups (broad SMARTS) is 1. The number of carbonyl (C=O) groups is 2. The molecule has 3 aromatic carbocycles. The summed E-state index contributed by atoms with van der Waals surface area (Å²) >= 11 is 0. The second-order valence-corrected chi connectivity index (χ2v) is 9.51. The maximum Gasteiger partial charge on any atom is 0.322 e. The van der Waals surface area contributed by atoms with Crippen molar-refractivity contribution < 1.29 is 33.0 Å². The standard InChI is InChI=1S/C25H21N3O7S/c1-15-2-9-20(10-3-15)36(33,34)28-17-4-6-18(7-5-17)35-19-8-11-21-16(12-19)13-26-23(24(21)31)25(32)27-14-22(29)30/h2-13,28,31H,14H2,1H3,(H,27,32)(H,29,30). The average Bonchev–Trinajstić information content (AvgIpc) is 2.84. The Morgan fingerprint density at radius 2 is 1.64 bits per heavy atom. The molecule has 0 saturated carbocycles. The van der Waals surface area contributed by atoms with Crippen molar-refractivity contribution >= 4 is 38.4 Å². The number of anilines is 1. The Morgan fingerprint density at radius 1 is 0.972 bits per heavy atom. The molecule has 0 bridgehead atoms. The Bertz CT molecular complexity index is 1550. The van der Waals surface area contributed by atoms with Crippen LogP contribution in [0.1, 0.15) is 16.1 Å². The van der Waals surface area contributed by atoms with Crippen LogP contribution in [-0.4, -0.2) is 42.0 Å². The maximum absolute atomic E-state index is 12.6. The lowest BCUT2D eigenvalue weighted by atomic mass is 10.1. The molecule has 4 N–H and O–H groups in total. The van der Waals surface area contributed by atoms with Crippen molar-refractivity contribution in [1.29, 1.82) is 0 Å². The van der Waals surface area contributed by atoms with Crippen molar-refractivity contribution in [1.82, 2.24) is 10.3 Å². The van der Waals surface area contributed by atoms with Gasteiger partial charge in [0.2, 0.25) is 0 Å². The minimum atomic E-state index is -3.73. The van der Waals surface area contributed by atoms with Crippen molar-refractivity contribution in [3.63, 3.8) is 0 Å². The summed E-state index contributed by atoms with van der Waals surface area (Å²) in [6.07, 6.45) is 1.36. The number of aryl methyl sites for hydroxylation is 1. The number of benzene rings is 3. The smallest absolute Gasteiger partial charge is 0.322 e. The highest BCUT2D eigenvalue weighted by Gasteiger charge is 2.17. The summed E-state index contributed by atoms with van der Waals surface area (Å²) in [6.45, 7) is 1.27. The van der Waals surface area contributed by atoms with E-state index >= 15 is 0 Å². The van der Waals surface area contributed by atoms with E-state index in [9.17, 15) is 23.1 Å². The Hall–Kier alpha value is -4.64. The summed E-state index contributed by atoms with van der Waals surface area (Å²) in [6, 6.07) is 17.6. The maximum atomic E-state index is 12.6. The summed E-state index contributed by atoms with van der Waals surface area (Å²) in [4.78, 5) is 26.8. The Morgan fingerprint density at radius 3 is 2.31 bits per heavy atom. The number of nitrogens with one attached hydrogen (secondary N) is 2. The fourth-order valence-electron chi connectivity index (χ4n) is 3.31. The van der Waals surface area contributed by atoms with Gasteiger partial charge in [-0.1, -0.05) is 17.7 Å². The number of amides is 1. The molecule has 0 unspecified atom stereocenters. The molecule has 1 aromatic heterocycles. The van der Waals surface area contributed by atoms with Crippen LogP contribution in [0.5, 0.6) is 17.2 Å². The van der Waals surface area contributed by atoms with Crippen LogP contribution in [0.4, 0.5) is 5.69 Å². The van der Waals surface area contributed by atoms with Gasteiger partial charge in [-0.2, -0.15) is 0 Å². The first kappa shape index (κ1) is 24.5. The minimum absolute atomic E-state index is 0.156. The van der Waals surface area contributed by atoms with Crippen LogP contribution >= 0.6 is 0 Å². The van der Waals surface area contributed by atoms with Gasteiger partial charge in [0.05, 0.1) is 4.90 Å². The highest BCUT2D eigenvalue weighted by Crippen LogP contribution is 2.32. The molecular weight excluding hydrogens is 486 g/mol. The zero-order chi connectivity index (χ0) is 25.9. The topological polar surface area (TPSA) is 155 Å². The second kappa shape index (κ2) is 9.92. The number of aliphatic carboxylic acids is 1. The lowest BCUT2D eigenvalue weighted by Crippen LogP contribution is -2.29. The van der Waals surface area contributed by atoms with E-state index in [0.29, 0.717) is 28.0 Å². The molecule has 10 nitrogen and oxygen atoms in total. The molecule has 0 aliphatic carbocycles. The number of rotatable bonds is 8. The van der Waals surface area contributed by atoms with Crippen LogP contribution in [0.15, 0.2) is 77.8 Å². The summed E-state index contributed by atoms with van der Waals surface area (Å²) in [5.41, 5.74) is 1.03. The van der Waals surface area contributed by atoms with Crippen molar-refractivity contribution in [2.24, 2.45) is 0 Å². The largest absolute Gasteiger partial charge is 0.505 e. The molecule has 0 aliphatic rings. The van der Waals surface area contributed by atoms with E-state index in [-0.39, 0.29) is 16.3 Å². The number of aromatic nitrogens is 1. The zero-order valence-corrected chi connectivity index (χ0v) is 19.7. The van der Waals surface area contributed by atoms with E-state index in [1.54, 1.807) is 54.6 Å². The molecule has 0 saturated heterocycles. The molecule has 0 atom stereocenters. The molecule has 0 radical (unpaired) electrons. The highest BCUT2D eigenvalue weighted by molar-refractivity contribution is 7.92. The second-order valence-electron chi connectivity index (χ2n) is 7.83. The molecule has 0 fully saturated rings. The van der Waals surface area contributed by atoms with Crippen LogP contribution in [-0.2, 0) is 14.8 Å². The molecular formula is C25H21N3O7S. The van der Waals surface area contributed by atoms with Crippen molar-refractivity contribution in [2.75, 3.05) is 11.3 Å². The Kier molecular flexibility index (Phi) is 6.75. The molecule has 1 amide bonds. The lowest BCUT2D eigenvalue weighted by molar-refractivity contribution is -0.135. The van der Waals surface area contributed by atoms with Gasteiger partial charge in [0, 0.05) is 22.7 Å². The summed E-state index contributed by atoms with van der Waals surface area (Å²) in [5, 5.41) is 22.1. The molecule has 11 heteroatoms. The minimum Gasteiger partial charge on any atom is -0.505 e. The Labute approximate surface area is 206 Å². The number of hydrogen-bond donors (Lipinski definition) is 4. The van der Waals surface area contributed by atoms with Crippen molar-refractivity contribution in [3.05, 3.63) is 84.2 Å². The molecule has 1 heterocycles. The van der Waals surface area contributed by atoms with Crippen molar-refractivity contribution in [3.8, 4) is 17.2 Å². The van der Waals surface area contributed by atoms with Crippen LogP contribution in [0.2, 0.25) is 0 Å². The monoisotopic (exact) mass is 507 g/mol. The van der Waals surface area contributed by atoms with Crippen LogP contribution < -0.4 is 14.8 Å². The summed E-state index contributed by atoms with van der Waals surface area (Å²) in [7, 11) is -3.73. The third-order valence-corrected chi connectivity index (χ3v) is 6.52. The van der Waals surface area contributed by atoms with E-state index in [1.165, 1.54) is 18.3 Å². The first-order valence-electron chi connectivity index (χ1n) is 10.6. The molecule has 184 valence electrons. The van der Waals surface area contributed by atoms with E-state index < -0.39 is 28.4 Å². The average molecular weight is 508 g/mol. The fourth-order valence-corrected chi connectivity index (χ4v) is 4.37. The Balaban J connectivity index is 1.47. The first-order valence-corrected chi connectivity index (χ1v) is 12.1. The lowest BCUT2D eigenvalue weighted by Gasteiger charge is -2.11. The number of carbonyl (C=O) groups excluding carboxylic acids is 1. The zero-order valence-electron chi connectivity index (χ0n) is 18.9. The van der Waals surface area contributed by atoms with Gasteiger partial charge in [-0.25, -0.2) is 13.4 Å². The molecule has 0 aliphatic heterocycles. The number of nitrogens with zero attached hydrogens (tertiary/aromatic N) is 1. The number of ether oxygens (including phenoxy) is 1. The van der Waals surface area contributed by atoms with Gasteiger partial charge >= 0.3 is 5.97 Å². The normalized spacial score (nSPS) is 11.1. The van der Waals surface area contributed by atoms with Crippen LogP contribution in [0.25, 0.3) is 10.8 Å². The quantitative estimate of drug-likeness (QED) is 0.282. The number of sulfonamides is 1. The molecule has 36 heavy (non-hydrogen) atoms. The van der Waals surface area contributed by atoms with Crippen LogP contribution in [0.3, 0.4) is 0 Å². The first-order chi connectivity index (χ1) is 17.1. The predicted octanol–water partition coefficient (Wildman–Crippen LogP) is 3.66. The van der Waals surface area contributed by atoms with E-state index in [4.69, 9.17) is 9.84 Å². The molecule has 4 rings (SSSR count). The van der Waals surface area contributed by atoms with E-state index in [2.05, 4.69) is 15.0 Å². The number of carboxylic acids is 1. The van der Waals surface area contributed by atoms with Gasteiger partial charge in [0.25, 0.3) is 15.9 Å². The predicted molar refractivity (Wildman–Crippen MR) is 132 cm³/mol. The van der Waals surface area contributed by atoms with E-state index in [1.807, 2.05) is 6.92 Å². The van der Waals surface area contributed by atoms with Gasteiger partial charge in [-0.05, 0) is 61.5 Å². The van der Waals surface area contributed by atoms with Gasteiger partial charge < -0.3 is 20.3 Å². The van der Waals surface area contributed by atoms with Gasteiger partial charge in [-0.15, -0.1) is 0 Å². The van der Waals surface area contributed by atoms with Gasteiger partial charge in [0.1, 0.15) is 18.0 Å². The van der Waals surface area contributed by atoms with Gasteiger partial charge in [0.15, 0.2) is 11.4 Å². The number of hydrogen-bond acceptors (Lipinski definition) is 7. The summed E-state index contributed by atoms with van der Waals surface area (Å²) in [5.74, 6) is -1.56. The third kappa shape index (κ3) is 5.53. The SMILES string of the molecule is Cc1ccc(S(=O)(=O)Nc2ccc(Oc3ccc4c(O)c(C(=O)NCC(=O)O)ncc4c3)cc2)cc1. The summed E-state index contributed by atoms with van der Waals surface area (Å²) < 4.78 is 33.4. The molecule has 4 aromatic rings. The molecule has 0 spiro atoms. The number of fused-ring (bicyclic) bond motifs is 1. The highest BCUT2D eigenvalue weighted by atomic mass is 32.2. The third-order valence-electron chi connectivity index (χ3n) is 5.12. The van der Waals surface area contributed by atoms with Gasteiger partial charge in [-0.3, -0.25) is 14.3 Å². The van der Waals surface area contributed by atoms with E-state index in [0.717, 1.165) is 5.56 Å². The van der Waals surface area contributed by atoms with Crippen LogP contribution in [0, 0.1) is 6.92 Å². The number of pyridine rings is 1. The fraction of sp³-hybridized carbons (Fsp3) is 0.0800. The number of aromatic hydroxyl groups is 1. The van der Waals surface area contributed by atoms with Crippen molar-refractivity contribution in [2.45, 2.75) is 11.8 Å².